The largest absolute Gasteiger partial charge is 0.396 e. The normalized spacial score (nSPS) is 31.9. The maximum absolute atomic E-state index is 14.1. The number of nitrogens with zero attached hydrogens (tertiary/aromatic N) is 2. The molecule has 10 nitrogen and oxygen atoms in total. The Kier molecular flexibility index (Phi) is 8.56. The summed E-state index contributed by atoms with van der Waals surface area (Å²) in [5, 5.41) is 15.5. The van der Waals surface area contributed by atoms with Crippen LogP contribution in [0.3, 0.4) is 0 Å². The first-order chi connectivity index (χ1) is 19.0. The number of morpholine rings is 1. The Morgan fingerprint density at radius 2 is 1.82 bits per heavy atom. The summed E-state index contributed by atoms with van der Waals surface area (Å²) in [6.07, 6.45) is 2.91. The molecule has 4 aliphatic rings. The smallest absolute Gasteiger partial charge is 0.245 e. The summed E-state index contributed by atoms with van der Waals surface area (Å²) in [4.78, 5) is 45.5. The maximum Gasteiger partial charge on any atom is 0.245 e. The van der Waals surface area contributed by atoms with Crippen LogP contribution in [-0.4, -0.2) is 102 Å². The Bertz CT molecular complexity index is 1030. The Morgan fingerprint density at radius 3 is 2.54 bits per heavy atom. The molecule has 5 rings (SSSR count). The van der Waals surface area contributed by atoms with Crippen LogP contribution in [0.5, 0.6) is 0 Å². The van der Waals surface area contributed by atoms with E-state index in [4.69, 9.17) is 9.47 Å². The van der Waals surface area contributed by atoms with Gasteiger partial charge < -0.3 is 30.1 Å². The molecule has 4 aliphatic heterocycles. The van der Waals surface area contributed by atoms with Crippen molar-refractivity contribution >= 4 is 17.7 Å². The van der Waals surface area contributed by atoms with E-state index < -0.39 is 29.1 Å². The SMILES string of the molecule is CC[C@]12CCC3(O1)C(C(=O)NCCN1CCOCC1)N(CCCCO)C(=O)[C@@H]3[C@H]2C(=O)NCc1ccccc1. The van der Waals surface area contributed by atoms with Crippen LogP contribution in [0.15, 0.2) is 30.3 Å². The monoisotopic (exact) mass is 542 g/mol. The molecule has 39 heavy (non-hydrogen) atoms. The lowest BCUT2D eigenvalue weighted by Gasteiger charge is -2.34. The summed E-state index contributed by atoms with van der Waals surface area (Å²) in [5.41, 5.74) is -0.801. The van der Waals surface area contributed by atoms with Crippen LogP contribution >= 0.6 is 0 Å². The van der Waals surface area contributed by atoms with E-state index in [1.807, 2.05) is 37.3 Å². The summed E-state index contributed by atoms with van der Waals surface area (Å²) in [7, 11) is 0. The van der Waals surface area contributed by atoms with E-state index in [0.29, 0.717) is 71.5 Å². The highest BCUT2D eigenvalue weighted by molar-refractivity contribution is 5.99. The molecule has 2 bridgehead atoms. The fraction of sp³-hybridized carbons (Fsp3) is 0.690. The van der Waals surface area contributed by atoms with Crippen LogP contribution in [-0.2, 0) is 30.4 Å². The number of likely N-dealkylation sites (tertiary alicyclic amines) is 1. The number of benzene rings is 1. The van der Waals surface area contributed by atoms with E-state index in [9.17, 15) is 19.5 Å². The lowest BCUT2D eigenvalue weighted by atomic mass is 9.65. The summed E-state index contributed by atoms with van der Waals surface area (Å²) in [6.45, 7) is 6.96. The van der Waals surface area contributed by atoms with Gasteiger partial charge >= 0.3 is 0 Å². The van der Waals surface area contributed by atoms with E-state index >= 15 is 0 Å². The number of hydrogen-bond acceptors (Lipinski definition) is 7. The molecule has 0 aromatic heterocycles. The average molecular weight is 543 g/mol. The van der Waals surface area contributed by atoms with Gasteiger partial charge in [-0.15, -0.1) is 0 Å². The first-order valence-electron chi connectivity index (χ1n) is 14.5. The van der Waals surface area contributed by atoms with Gasteiger partial charge in [0, 0.05) is 45.9 Å². The number of ether oxygens (including phenoxy) is 2. The number of nitrogens with one attached hydrogen (secondary N) is 2. The van der Waals surface area contributed by atoms with E-state index in [2.05, 4.69) is 15.5 Å². The molecule has 4 saturated heterocycles. The van der Waals surface area contributed by atoms with Gasteiger partial charge in [0.2, 0.25) is 17.7 Å². The molecule has 10 heteroatoms. The fourth-order valence-corrected chi connectivity index (χ4v) is 7.20. The second-order valence-electron chi connectivity index (χ2n) is 11.2. The zero-order valence-electron chi connectivity index (χ0n) is 22.9. The number of hydrogen-bond donors (Lipinski definition) is 3. The van der Waals surface area contributed by atoms with Gasteiger partial charge in [-0.2, -0.15) is 0 Å². The molecule has 0 radical (unpaired) electrons. The number of aliphatic hydroxyl groups is 1. The summed E-state index contributed by atoms with van der Waals surface area (Å²) < 4.78 is 12.2. The predicted molar refractivity (Wildman–Crippen MR) is 143 cm³/mol. The van der Waals surface area contributed by atoms with Gasteiger partial charge in [0.15, 0.2) is 0 Å². The van der Waals surface area contributed by atoms with Crippen molar-refractivity contribution < 1.29 is 29.0 Å². The molecule has 5 atom stereocenters. The second kappa shape index (κ2) is 11.9. The van der Waals surface area contributed by atoms with E-state index in [1.165, 1.54) is 0 Å². The van der Waals surface area contributed by atoms with Gasteiger partial charge in [0.05, 0.1) is 30.7 Å². The summed E-state index contributed by atoms with van der Waals surface area (Å²) >= 11 is 0. The van der Waals surface area contributed by atoms with Crippen molar-refractivity contribution in [1.82, 2.24) is 20.4 Å². The molecule has 4 heterocycles. The topological polar surface area (TPSA) is 120 Å². The molecule has 4 fully saturated rings. The van der Waals surface area contributed by atoms with Crippen LogP contribution in [0.4, 0.5) is 0 Å². The van der Waals surface area contributed by atoms with E-state index in [0.717, 1.165) is 18.7 Å². The van der Waals surface area contributed by atoms with Crippen molar-refractivity contribution in [1.29, 1.82) is 0 Å². The third-order valence-corrected chi connectivity index (χ3v) is 9.16. The third kappa shape index (κ3) is 5.19. The molecule has 214 valence electrons. The summed E-state index contributed by atoms with van der Waals surface area (Å²) in [5.74, 6) is -1.95. The standard InChI is InChI=1S/C29H42N4O6/c1-2-28-10-11-29(39-28)23(22(28)25(35)31-20-21-8-4-3-5-9-21)27(37)33(13-6-7-17-34)24(29)26(36)30-12-14-32-15-18-38-19-16-32/h3-5,8-9,22-24,34H,2,6-7,10-20H2,1H3,(H,30,36)(H,31,35)/t22-,23-,24?,28+,29?/m0/s1. The fourth-order valence-electron chi connectivity index (χ4n) is 7.20. The molecule has 3 amide bonds. The predicted octanol–water partition coefficient (Wildman–Crippen LogP) is 0.679. The quantitative estimate of drug-likeness (QED) is 0.332. The first kappa shape index (κ1) is 28.0. The van der Waals surface area contributed by atoms with Gasteiger partial charge in [-0.05, 0) is 37.7 Å². The molecule has 1 aromatic carbocycles. The van der Waals surface area contributed by atoms with E-state index in [1.54, 1.807) is 4.90 Å². The van der Waals surface area contributed by atoms with Gasteiger partial charge in [0.25, 0.3) is 0 Å². The number of carbonyl (C=O) groups is 3. The average Bonchev–Trinajstić information content (AvgIpc) is 3.56. The van der Waals surface area contributed by atoms with Crippen molar-refractivity contribution in [3.63, 3.8) is 0 Å². The number of aliphatic hydroxyl groups excluding tert-OH is 1. The lowest BCUT2D eigenvalue weighted by molar-refractivity contribution is -0.147. The maximum atomic E-state index is 14.1. The molecule has 3 N–H and O–H groups in total. The minimum atomic E-state index is -1.02. The molecule has 0 saturated carbocycles. The zero-order valence-corrected chi connectivity index (χ0v) is 22.9. The Morgan fingerprint density at radius 1 is 1.05 bits per heavy atom. The Hall–Kier alpha value is -2.53. The first-order valence-corrected chi connectivity index (χ1v) is 14.5. The van der Waals surface area contributed by atoms with Crippen molar-refractivity contribution in [2.75, 3.05) is 52.5 Å². The van der Waals surface area contributed by atoms with Crippen molar-refractivity contribution in [3.8, 4) is 0 Å². The van der Waals surface area contributed by atoms with Crippen LogP contribution in [0, 0.1) is 11.8 Å². The highest BCUT2D eigenvalue weighted by Crippen LogP contribution is 2.64. The van der Waals surface area contributed by atoms with E-state index in [-0.39, 0.29) is 24.3 Å². The molecular weight excluding hydrogens is 500 g/mol. The van der Waals surface area contributed by atoms with Gasteiger partial charge in [0.1, 0.15) is 11.6 Å². The number of rotatable bonds is 12. The van der Waals surface area contributed by atoms with Crippen molar-refractivity contribution in [2.24, 2.45) is 11.8 Å². The highest BCUT2D eigenvalue weighted by atomic mass is 16.5. The van der Waals surface area contributed by atoms with Gasteiger partial charge in [-0.25, -0.2) is 0 Å². The Labute approximate surface area is 230 Å². The minimum absolute atomic E-state index is 0.0208. The second-order valence-corrected chi connectivity index (χ2v) is 11.2. The van der Waals surface area contributed by atoms with Gasteiger partial charge in [-0.1, -0.05) is 37.3 Å². The molecule has 1 spiro atoms. The van der Waals surface area contributed by atoms with Crippen molar-refractivity contribution in [2.45, 2.75) is 62.8 Å². The number of fused-ring (bicyclic) bond motifs is 1. The molecular formula is C29H42N4O6. The highest BCUT2D eigenvalue weighted by Gasteiger charge is 2.78. The minimum Gasteiger partial charge on any atom is -0.396 e. The lowest BCUT2D eigenvalue weighted by Crippen LogP contribution is -2.56. The van der Waals surface area contributed by atoms with Crippen LogP contribution in [0.25, 0.3) is 0 Å². The van der Waals surface area contributed by atoms with Gasteiger partial charge in [-0.3, -0.25) is 19.3 Å². The molecule has 1 aromatic rings. The third-order valence-electron chi connectivity index (χ3n) is 9.16. The number of amides is 3. The van der Waals surface area contributed by atoms with Crippen LogP contribution < -0.4 is 10.6 Å². The number of carbonyl (C=O) groups excluding carboxylic acids is 3. The summed E-state index contributed by atoms with van der Waals surface area (Å²) in [6, 6.07) is 8.90. The zero-order chi connectivity index (χ0) is 27.5. The van der Waals surface area contributed by atoms with Crippen molar-refractivity contribution in [3.05, 3.63) is 35.9 Å². The molecule has 0 aliphatic carbocycles. The Balaban J connectivity index is 1.36. The number of unbranched alkanes of at least 4 members (excludes halogenated alkanes) is 1. The van der Waals surface area contributed by atoms with Crippen LogP contribution in [0.2, 0.25) is 0 Å². The van der Waals surface area contributed by atoms with Crippen LogP contribution in [0.1, 0.15) is 44.6 Å². The molecule has 2 unspecified atom stereocenters.